The van der Waals surface area contributed by atoms with E-state index in [4.69, 9.17) is 19.3 Å². The molecular weight excluding hydrogens is 292 g/mol. The predicted octanol–water partition coefficient (Wildman–Crippen LogP) is 3.15. The molecule has 1 N–H and O–H groups in total. The zero-order valence-electron chi connectivity index (χ0n) is 10.9. The first kappa shape index (κ1) is 13.5. The Morgan fingerprint density at radius 1 is 1.38 bits per heavy atom. The second-order valence-electron chi connectivity index (χ2n) is 4.34. The van der Waals surface area contributed by atoms with Crippen molar-refractivity contribution in [3.8, 4) is 17.2 Å². The highest BCUT2D eigenvalue weighted by atomic mass is 32.1. The normalized spacial score (nSPS) is 12.8. The van der Waals surface area contributed by atoms with Gasteiger partial charge in [0, 0.05) is 17.7 Å². The maximum absolute atomic E-state index is 10.7. The van der Waals surface area contributed by atoms with Crippen LogP contribution in [-0.2, 0) is 11.4 Å². The number of ether oxygens (including phenoxy) is 3. The molecule has 1 aliphatic rings. The summed E-state index contributed by atoms with van der Waals surface area (Å²) in [6, 6.07) is 5.41. The standard InChI is InChI=1S/C15H12O5S/c16-15(17)2-1-11-5-13-14(20-9-19-13)6-12(11)18-7-10-3-4-21-8-10/h1-6,8H,7,9H2,(H,16,17). The van der Waals surface area contributed by atoms with Crippen molar-refractivity contribution >= 4 is 23.4 Å². The second kappa shape index (κ2) is 5.88. The SMILES string of the molecule is O=C(O)C=Cc1cc2c(cc1OCc1ccsc1)OCO2. The number of carbonyl (C=O) groups is 1. The predicted molar refractivity (Wildman–Crippen MR) is 77.9 cm³/mol. The first-order valence-electron chi connectivity index (χ1n) is 6.21. The number of benzene rings is 1. The summed E-state index contributed by atoms with van der Waals surface area (Å²) in [5, 5.41) is 12.7. The summed E-state index contributed by atoms with van der Waals surface area (Å²) in [6.45, 7) is 0.572. The van der Waals surface area contributed by atoms with Crippen molar-refractivity contribution in [1.29, 1.82) is 0 Å². The fourth-order valence-corrected chi connectivity index (χ4v) is 2.54. The largest absolute Gasteiger partial charge is 0.488 e. The van der Waals surface area contributed by atoms with Crippen LogP contribution in [-0.4, -0.2) is 17.9 Å². The van der Waals surface area contributed by atoms with E-state index in [2.05, 4.69) is 0 Å². The van der Waals surface area contributed by atoms with Crippen LogP contribution in [0.5, 0.6) is 17.2 Å². The Morgan fingerprint density at radius 3 is 2.90 bits per heavy atom. The minimum Gasteiger partial charge on any atom is -0.488 e. The van der Waals surface area contributed by atoms with Gasteiger partial charge in [0.05, 0.1) is 0 Å². The molecule has 0 spiro atoms. The number of thiophene rings is 1. The maximum Gasteiger partial charge on any atom is 0.328 e. The van der Waals surface area contributed by atoms with E-state index in [0.29, 0.717) is 29.4 Å². The lowest BCUT2D eigenvalue weighted by molar-refractivity contribution is -0.131. The molecule has 1 aromatic heterocycles. The van der Waals surface area contributed by atoms with E-state index < -0.39 is 5.97 Å². The highest BCUT2D eigenvalue weighted by molar-refractivity contribution is 7.07. The fourth-order valence-electron chi connectivity index (χ4n) is 1.89. The van der Waals surface area contributed by atoms with Gasteiger partial charge in [0.1, 0.15) is 12.4 Å². The first-order chi connectivity index (χ1) is 10.2. The number of hydrogen-bond donors (Lipinski definition) is 1. The molecule has 2 aromatic rings. The number of fused-ring (bicyclic) bond motifs is 1. The van der Waals surface area contributed by atoms with Crippen molar-refractivity contribution in [3.63, 3.8) is 0 Å². The Balaban J connectivity index is 1.87. The summed E-state index contributed by atoms with van der Waals surface area (Å²) in [6.07, 6.45) is 2.54. The molecule has 0 radical (unpaired) electrons. The van der Waals surface area contributed by atoms with Crippen LogP contribution in [0.4, 0.5) is 0 Å². The van der Waals surface area contributed by atoms with Gasteiger partial charge in [-0.3, -0.25) is 0 Å². The molecule has 3 rings (SSSR count). The Hall–Kier alpha value is -2.47. The van der Waals surface area contributed by atoms with Gasteiger partial charge >= 0.3 is 5.97 Å². The summed E-state index contributed by atoms with van der Waals surface area (Å²) in [5.74, 6) is 0.727. The van der Waals surface area contributed by atoms with Crippen molar-refractivity contribution in [2.75, 3.05) is 6.79 Å². The highest BCUT2D eigenvalue weighted by Crippen LogP contribution is 2.39. The topological polar surface area (TPSA) is 65.0 Å². The minimum atomic E-state index is -1.02. The molecule has 1 aromatic carbocycles. The van der Waals surface area contributed by atoms with Crippen molar-refractivity contribution in [2.45, 2.75) is 6.61 Å². The number of carboxylic acids is 1. The molecule has 0 amide bonds. The van der Waals surface area contributed by atoms with Crippen LogP contribution >= 0.6 is 11.3 Å². The third-order valence-electron chi connectivity index (χ3n) is 2.88. The van der Waals surface area contributed by atoms with Crippen LogP contribution < -0.4 is 14.2 Å². The van der Waals surface area contributed by atoms with Gasteiger partial charge in [0.2, 0.25) is 6.79 Å². The van der Waals surface area contributed by atoms with Gasteiger partial charge in [-0.1, -0.05) is 0 Å². The van der Waals surface area contributed by atoms with Crippen LogP contribution in [0.2, 0.25) is 0 Å². The molecule has 2 heterocycles. The average Bonchev–Trinajstić information content (AvgIpc) is 3.12. The maximum atomic E-state index is 10.7. The van der Waals surface area contributed by atoms with Gasteiger partial charge in [-0.25, -0.2) is 4.79 Å². The number of carboxylic acid groups (broad SMARTS) is 1. The van der Waals surface area contributed by atoms with Crippen LogP contribution in [0.1, 0.15) is 11.1 Å². The molecule has 0 aliphatic carbocycles. The van der Waals surface area contributed by atoms with E-state index in [9.17, 15) is 4.79 Å². The van der Waals surface area contributed by atoms with Crippen LogP contribution in [0.3, 0.4) is 0 Å². The molecule has 6 heteroatoms. The van der Waals surface area contributed by atoms with E-state index in [0.717, 1.165) is 11.6 Å². The van der Waals surface area contributed by atoms with Gasteiger partial charge in [0.15, 0.2) is 11.5 Å². The van der Waals surface area contributed by atoms with Gasteiger partial charge in [-0.05, 0) is 34.5 Å². The summed E-state index contributed by atoms with van der Waals surface area (Å²) in [4.78, 5) is 10.7. The molecule has 0 unspecified atom stereocenters. The summed E-state index contributed by atoms with van der Waals surface area (Å²) >= 11 is 1.60. The van der Waals surface area contributed by atoms with Crippen molar-refractivity contribution < 1.29 is 24.1 Å². The Kier molecular flexibility index (Phi) is 3.79. The molecule has 0 saturated carbocycles. The van der Waals surface area contributed by atoms with E-state index in [1.54, 1.807) is 23.5 Å². The van der Waals surface area contributed by atoms with E-state index in [-0.39, 0.29) is 6.79 Å². The molecule has 5 nitrogen and oxygen atoms in total. The summed E-state index contributed by atoms with van der Waals surface area (Å²) in [5.41, 5.74) is 1.70. The van der Waals surface area contributed by atoms with Crippen molar-refractivity contribution in [3.05, 3.63) is 46.2 Å². The highest BCUT2D eigenvalue weighted by Gasteiger charge is 2.17. The van der Waals surface area contributed by atoms with Gasteiger partial charge in [-0.15, -0.1) is 0 Å². The third-order valence-corrected chi connectivity index (χ3v) is 3.62. The molecule has 0 saturated heterocycles. The Bertz CT molecular complexity index is 676. The summed E-state index contributed by atoms with van der Waals surface area (Å²) < 4.78 is 16.4. The Labute approximate surface area is 125 Å². The molecular formula is C15H12O5S. The third kappa shape index (κ3) is 3.17. The summed E-state index contributed by atoms with van der Waals surface area (Å²) in [7, 11) is 0. The van der Waals surface area contributed by atoms with E-state index >= 15 is 0 Å². The smallest absolute Gasteiger partial charge is 0.328 e. The average molecular weight is 304 g/mol. The quantitative estimate of drug-likeness (QED) is 0.860. The zero-order valence-corrected chi connectivity index (χ0v) is 11.8. The number of aliphatic carboxylic acids is 1. The number of hydrogen-bond acceptors (Lipinski definition) is 5. The van der Waals surface area contributed by atoms with Crippen LogP contribution in [0.15, 0.2) is 35.0 Å². The molecule has 0 atom stereocenters. The van der Waals surface area contributed by atoms with E-state index in [1.165, 1.54) is 6.08 Å². The first-order valence-corrected chi connectivity index (χ1v) is 7.15. The lowest BCUT2D eigenvalue weighted by atomic mass is 10.1. The van der Waals surface area contributed by atoms with E-state index in [1.807, 2.05) is 16.8 Å². The van der Waals surface area contributed by atoms with Gasteiger partial charge < -0.3 is 19.3 Å². The molecule has 21 heavy (non-hydrogen) atoms. The van der Waals surface area contributed by atoms with Crippen molar-refractivity contribution in [1.82, 2.24) is 0 Å². The number of rotatable bonds is 5. The monoisotopic (exact) mass is 304 g/mol. The molecule has 1 aliphatic heterocycles. The zero-order chi connectivity index (χ0) is 14.7. The molecule has 108 valence electrons. The lowest BCUT2D eigenvalue weighted by Gasteiger charge is -2.09. The lowest BCUT2D eigenvalue weighted by Crippen LogP contribution is -1.96. The van der Waals surface area contributed by atoms with Crippen LogP contribution in [0.25, 0.3) is 6.08 Å². The van der Waals surface area contributed by atoms with Gasteiger partial charge in [0.25, 0.3) is 0 Å². The van der Waals surface area contributed by atoms with Crippen LogP contribution in [0, 0.1) is 0 Å². The molecule has 0 fully saturated rings. The Morgan fingerprint density at radius 2 is 2.19 bits per heavy atom. The van der Waals surface area contributed by atoms with Gasteiger partial charge in [-0.2, -0.15) is 11.3 Å². The fraction of sp³-hybridized carbons (Fsp3) is 0.133. The van der Waals surface area contributed by atoms with Crippen molar-refractivity contribution in [2.24, 2.45) is 0 Å². The molecule has 0 bridgehead atoms. The minimum absolute atomic E-state index is 0.158. The second-order valence-corrected chi connectivity index (χ2v) is 5.12.